The van der Waals surface area contributed by atoms with Crippen LogP contribution in [0.1, 0.15) is 16.0 Å². The Kier molecular flexibility index (Phi) is 7.73. The van der Waals surface area contributed by atoms with Crippen LogP contribution in [0.5, 0.6) is 0 Å². The summed E-state index contributed by atoms with van der Waals surface area (Å²) >= 11 is 3.70. The number of anilines is 1. The molecule has 0 saturated carbocycles. The van der Waals surface area contributed by atoms with E-state index in [2.05, 4.69) is 156 Å². The van der Waals surface area contributed by atoms with Crippen LogP contribution in [-0.4, -0.2) is 4.57 Å². The van der Waals surface area contributed by atoms with Gasteiger partial charge in [0.2, 0.25) is 0 Å². The molecule has 0 aliphatic carbocycles. The van der Waals surface area contributed by atoms with Crippen LogP contribution in [0.15, 0.2) is 164 Å². The zero-order valence-corrected chi connectivity index (χ0v) is 30.6. The fourth-order valence-electron chi connectivity index (χ4n) is 8.07. The van der Waals surface area contributed by atoms with Crippen LogP contribution in [-0.2, 0) is 13.0 Å². The average molecular weight is 718 g/mol. The molecule has 3 heterocycles. The standard InChI is InChI=1S/C33H22N2S.C15H13NS/c34-19-20-8-7-9-21(18-20)35-27-14-5-3-12-25(27)30-28(35)17-16-23-22-10-1-2-11-24(22)33-32(31(23)30)26-13-4-6-15-29(26)36-33;16-15-12-8-4-5-9-13(12)17-14(15)10-11-6-2-1-3-7-11/h1-18H,19,34H2;1-9H,10,16H2. The first-order valence-corrected chi connectivity index (χ1v) is 19.6. The molecule has 0 aliphatic rings. The Morgan fingerprint density at radius 2 is 1.09 bits per heavy atom. The summed E-state index contributed by atoms with van der Waals surface area (Å²) in [6, 6.07) is 58.5. The second-order valence-electron chi connectivity index (χ2n) is 13.6. The van der Waals surface area contributed by atoms with Gasteiger partial charge in [0.05, 0.1) is 16.7 Å². The summed E-state index contributed by atoms with van der Waals surface area (Å²) < 4.78 is 6.38. The van der Waals surface area contributed by atoms with Crippen molar-refractivity contribution in [1.29, 1.82) is 0 Å². The molecule has 3 nitrogen and oxygen atoms in total. The SMILES string of the molecule is NCc1cccc(-n2c3ccccc3c3c4c(ccc32)c2ccccc2c2sc3ccccc3c24)c1.Nc1c(Cc2ccccc2)sc2ccccc12. The van der Waals surface area contributed by atoms with Crippen molar-refractivity contribution >= 4 is 102 Å². The predicted octanol–water partition coefficient (Wildman–Crippen LogP) is 13.0. The molecule has 254 valence electrons. The van der Waals surface area contributed by atoms with Crippen LogP contribution in [0.2, 0.25) is 0 Å². The van der Waals surface area contributed by atoms with Gasteiger partial charge in [0, 0.05) is 75.3 Å². The average Bonchev–Trinajstić information content (AvgIpc) is 3.88. The van der Waals surface area contributed by atoms with Crippen molar-refractivity contribution in [3.63, 3.8) is 0 Å². The normalized spacial score (nSPS) is 11.7. The van der Waals surface area contributed by atoms with Crippen molar-refractivity contribution in [3.05, 3.63) is 180 Å². The van der Waals surface area contributed by atoms with E-state index in [0.717, 1.165) is 23.4 Å². The molecule has 11 aromatic rings. The number of nitrogen functional groups attached to an aromatic ring is 1. The smallest absolute Gasteiger partial charge is 0.0547 e. The van der Waals surface area contributed by atoms with E-state index in [0.29, 0.717) is 6.54 Å². The largest absolute Gasteiger partial charge is 0.397 e. The Hall–Kier alpha value is -5.98. The molecule has 8 aromatic carbocycles. The van der Waals surface area contributed by atoms with Crippen LogP contribution in [0.3, 0.4) is 0 Å². The topological polar surface area (TPSA) is 57.0 Å². The number of aromatic nitrogens is 1. The molecule has 0 atom stereocenters. The van der Waals surface area contributed by atoms with E-state index < -0.39 is 0 Å². The van der Waals surface area contributed by atoms with Crippen molar-refractivity contribution in [3.8, 4) is 5.69 Å². The van der Waals surface area contributed by atoms with Gasteiger partial charge in [0.1, 0.15) is 0 Å². The molecule has 4 N–H and O–H groups in total. The Balaban J connectivity index is 0.000000172. The Morgan fingerprint density at radius 1 is 0.453 bits per heavy atom. The Bertz CT molecular complexity index is 3150. The summed E-state index contributed by atoms with van der Waals surface area (Å²) in [5.74, 6) is 0. The summed E-state index contributed by atoms with van der Waals surface area (Å²) in [5, 5.41) is 11.8. The quantitative estimate of drug-likeness (QED) is 0.178. The highest BCUT2D eigenvalue weighted by molar-refractivity contribution is 7.27. The molecular formula is C48H35N3S2. The van der Waals surface area contributed by atoms with Gasteiger partial charge in [-0.1, -0.05) is 127 Å². The lowest BCUT2D eigenvalue weighted by atomic mass is 9.94. The van der Waals surface area contributed by atoms with E-state index in [1.807, 2.05) is 23.5 Å². The number of para-hydroxylation sites is 1. The van der Waals surface area contributed by atoms with E-state index in [4.69, 9.17) is 11.5 Å². The van der Waals surface area contributed by atoms with Gasteiger partial charge < -0.3 is 16.0 Å². The van der Waals surface area contributed by atoms with Gasteiger partial charge in [-0.15, -0.1) is 22.7 Å². The highest BCUT2D eigenvalue weighted by atomic mass is 32.1. The van der Waals surface area contributed by atoms with E-state index in [1.165, 1.54) is 84.0 Å². The molecule has 11 rings (SSSR count). The minimum Gasteiger partial charge on any atom is -0.397 e. The van der Waals surface area contributed by atoms with Gasteiger partial charge in [-0.25, -0.2) is 0 Å². The van der Waals surface area contributed by atoms with Gasteiger partial charge in [-0.3, -0.25) is 0 Å². The number of fused-ring (bicyclic) bond motifs is 13. The second kappa shape index (κ2) is 12.9. The second-order valence-corrected chi connectivity index (χ2v) is 15.7. The number of thiophene rings is 2. The van der Waals surface area contributed by atoms with Crippen LogP contribution >= 0.6 is 22.7 Å². The van der Waals surface area contributed by atoms with E-state index in [-0.39, 0.29) is 0 Å². The first kappa shape index (κ1) is 31.7. The van der Waals surface area contributed by atoms with Gasteiger partial charge in [-0.05, 0) is 58.3 Å². The minimum atomic E-state index is 0.529. The number of hydrogen-bond acceptors (Lipinski definition) is 4. The number of rotatable bonds is 4. The lowest BCUT2D eigenvalue weighted by molar-refractivity contribution is 1.06. The lowest BCUT2D eigenvalue weighted by Crippen LogP contribution is -1.99. The zero-order valence-electron chi connectivity index (χ0n) is 28.9. The molecule has 0 radical (unpaired) electrons. The van der Waals surface area contributed by atoms with Crippen molar-refractivity contribution in [1.82, 2.24) is 4.57 Å². The van der Waals surface area contributed by atoms with Gasteiger partial charge >= 0.3 is 0 Å². The fourth-order valence-corrected chi connectivity index (χ4v) is 10.5. The first-order valence-electron chi connectivity index (χ1n) is 17.9. The molecule has 0 bridgehead atoms. The van der Waals surface area contributed by atoms with Crippen LogP contribution in [0.25, 0.3) is 79.3 Å². The van der Waals surface area contributed by atoms with Crippen molar-refractivity contribution < 1.29 is 0 Å². The van der Waals surface area contributed by atoms with Crippen molar-refractivity contribution in [2.24, 2.45) is 5.73 Å². The molecular weight excluding hydrogens is 683 g/mol. The van der Waals surface area contributed by atoms with Gasteiger partial charge in [0.25, 0.3) is 0 Å². The van der Waals surface area contributed by atoms with Crippen LogP contribution in [0.4, 0.5) is 5.69 Å². The predicted molar refractivity (Wildman–Crippen MR) is 232 cm³/mol. The number of hydrogen-bond donors (Lipinski definition) is 2. The third-order valence-electron chi connectivity index (χ3n) is 10.5. The van der Waals surface area contributed by atoms with Crippen molar-refractivity contribution in [2.45, 2.75) is 13.0 Å². The zero-order chi connectivity index (χ0) is 35.5. The van der Waals surface area contributed by atoms with Crippen LogP contribution in [0, 0.1) is 0 Å². The Labute approximate surface area is 314 Å². The molecule has 5 heteroatoms. The highest BCUT2D eigenvalue weighted by Gasteiger charge is 2.20. The number of nitrogens with zero attached hydrogens (tertiary/aromatic N) is 1. The molecule has 0 spiro atoms. The molecule has 0 amide bonds. The van der Waals surface area contributed by atoms with E-state index in [9.17, 15) is 0 Å². The maximum atomic E-state index is 6.20. The summed E-state index contributed by atoms with van der Waals surface area (Å²) in [6.07, 6.45) is 0.923. The number of benzene rings is 8. The molecule has 0 aliphatic heterocycles. The van der Waals surface area contributed by atoms with Gasteiger partial charge in [-0.2, -0.15) is 0 Å². The third-order valence-corrected chi connectivity index (χ3v) is 12.9. The molecule has 53 heavy (non-hydrogen) atoms. The molecule has 3 aromatic heterocycles. The lowest BCUT2D eigenvalue weighted by Gasteiger charge is -2.11. The molecule has 0 saturated heterocycles. The summed E-state index contributed by atoms with van der Waals surface area (Å²) in [4.78, 5) is 1.26. The molecule has 0 unspecified atom stereocenters. The molecule has 0 fully saturated rings. The van der Waals surface area contributed by atoms with Crippen LogP contribution < -0.4 is 11.5 Å². The van der Waals surface area contributed by atoms with Gasteiger partial charge in [0.15, 0.2) is 0 Å². The number of nitrogens with two attached hydrogens (primary N) is 2. The third kappa shape index (κ3) is 5.19. The summed E-state index contributed by atoms with van der Waals surface area (Å²) in [5.41, 5.74) is 19.2. The van der Waals surface area contributed by atoms with E-state index >= 15 is 0 Å². The highest BCUT2D eigenvalue weighted by Crippen LogP contribution is 2.48. The summed E-state index contributed by atoms with van der Waals surface area (Å²) in [6.45, 7) is 0.529. The Morgan fingerprint density at radius 3 is 1.87 bits per heavy atom. The summed E-state index contributed by atoms with van der Waals surface area (Å²) in [7, 11) is 0. The minimum absolute atomic E-state index is 0.529. The maximum Gasteiger partial charge on any atom is 0.0547 e. The first-order chi connectivity index (χ1) is 26.2. The fraction of sp³-hybridized carbons (Fsp3) is 0.0417. The van der Waals surface area contributed by atoms with Crippen molar-refractivity contribution in [2.75, 3.05) is 5.73 Å². The maximum absolute atomic E-state index is 6.20. The van der Waals surface area contributed by atoms with E-state index in [1.54, 1.807) is 11.3 Å². The monoisotopic (exact) mass is 717 g/mol.